The second kappa shape index (κ2) is 11.6. The Kier molecular flexibility index (Phi) is 7.83. The minimum absolute atomic E-state index is 0.00725. The highest BCUT2D eigenvalue weighted by atomic mass is 16.4. The zero-order valence-corrected chi connectivity index (χ0v) is 23.2. The summed E-state index contributed by atoms with van der Waals surface area (Å²) in [6, 6.07) is 26.5. The number of aromatic nitrogens is 1. The molecule has 0 bridgehead atoms. The summed E-state index contributed by atoms with van der Waals surface area (Å²) in [7, 11) is 0. The van der Waals surface area contributed by atoms with Gasteiger partial charge < -0.3 is 20.6 Å². The molecular weight excluding hydrogens is 516 g/mol. The first-order valence-corrected chi connectivity index (χ1v) is 13.7. The van der Waals surface area contributed by atoms with E-state index in [1.807, 2.05) is 93.6 Å². The third-order valence-electron chi connectivity index (χ3n) is 7.22. The summed E-state index contributed by atoms with van der Waals surface area (Å²) in [6.07, 6.45) is 0.131. The van der Waals surface area contributed by atoms with Gasteiger partial charge in [-0.05, 0) is 49.9 Å². The molecule has 0 aliphatic carbocycles. The number of aliphatic carboxylic acids is 1. The number of carboxylic acids is 1. The molecule has 8 nitrogen and oxygen atoms in total. The number of anilines is 4. The van der Waals surface area contributed by atoms with Crippen LogP contribution < -0.4 is 26.4 Å². The lowest BCUT2D eigenvalue weighted by Crippen LogP contribution is -2.47. The van der Waals surface area contributed by atoms with Crippen molar-refractivity contribution in [1.29, 1.82) is 0 Å². The van der Waals surface area contributed by atoms with Gasteiger partial charge in [-0.1, -0.05) is 66.7 Å². The molecule has 3 N–H and O–H groups in total. The van der Waals surface area contributed by atoms with Crippen molar-refractivity contribution in [2.75, 3.05) is 22.1 Å². The van der Waals surface area contributed by atoms with Crippen LogP contribution >= 0.6 is 0 Å². The second-order valence-electron chi connectivity index (χ2n) is 10.3. The summed E-state index contributed by atoms with van der Waals surface area (Å²) in [5.41, 5.74) is 2.52. The van der Waals surface area contributed by atoms with E-state index in [1.165, 1.54) is 0 Å². The van der Waals surface area contributed by atoms with Crippen molar-refractivity contribution < 1.29 is 9.90 Å². The van der Waals surface area contributed by atoms with Gasteiger partial charge in [0.25, 0.3) is 10.9 Å². The Labute approximate surface area is 238 Å². The number of nitrogens with zero attached hydrogens (tertiary/aromatic N) is 2. The molecule has 5 rings (SSSR count). The maximum atomic E-state index is 12.3. The van der Waals surface area contributed by atoms with E-state index >= 15 is 0 Å². The van der Waals surface area contributed by atoms with E-state index in [1.54, 1.807) is 4.90 Å². The van der Waals surface area contributed by atoms with Gasteiger partial charge in [-0.25, -0.2) is 9.78 Å². The van der Waals surface area contributed by atoms with Gasteiger partial charge in [0, 0.05) is 35.6 Å². The zero-order chi connectivity index (χ0) is 29.1. The Morgan fingerprint density at radius 3 is 2.27 bits per heavy atom. The Hall–Kier alpha value is -4.98. The minimum atomic E-state index is -1.10. The van der Waals surface area contributed by atoms with Crippen LogP contribution in [0.1, 0.15) is 26.3 Å². The van der Waals surface area contributed by atoms with Crippen molar-refractivity contribution in [2.45, 2.75) is 39.3 Å². The van der Waals surface area contributed by atoms with Crippen molar-refractivity contribution in [3.05, 3.63) is 111 Å². The molecule has 5 aromatic rings. The maximum Gasteiger partial charge on any atom is 0.326 e. The van der Waals surface area contributed by atoms with Crippen LogP contribution in [0.2, 0.25) is 0 Å². The lowest BCUT2D eigenvalue weighted by atomic mass is 10.0. The van der Waals surface area contributed by atoms with Gasteiger partial charge in [-0.15, -0.1) is 0 Å². The summed E-state index contributed by atoms with van der Waals surface area (Å²) in [4.78, 5) is 43.5. The van der Waals surface area contributed by atoms with Crippen LogP contribution in [0.25, 0.3) is 22.0 Å². The van der Waals surface area contributed by atoms with Gasteiger partial charge in [0.2, 0.25) is 0 Å². The fourth-order valence-corrected chi connectivity index (χ4v) is 5.09. The summed E-state index contributed by atoms with van der Waals surface area (Å²) in [6.45, 7) is 6.26. The molecule has 1 aromatic heterocycles. The average Bonchev–Trinajstić information content (AvgIpc) is 2.99. The Balaban J connectivity index is 1.36. The van der Waals surface area contributed by atoms with Gasteiger partial charge in [-0.2, -0.15) is 0 Å². The maximum absolute atomic E-state index is 12.3. The van der Waals surface area contributed by atoms with Gasteiger partial charge in [0.15, 0.2) is 0 Å². The third kappa shape index (κ3) is 5.68. The molecule has 0 saturated heterocycles. The van der Waals surface area contributed by atoms with Crippen molar-refractivity contribution in [1.82, 2.24) is 4.98 Å². The number of carbonyl (C=O) groups is 1. The van der Waals surface area contributed by atoms with Crippen LogP contribution in [0.15, 0.2) is 94.5 Å². The minimum Gasteiger partial charge on any atom is -0.480 e. The lowest BCUT2D eigenvalue weighted by Gasteiger charge is -2.31. The summed E-state index contributed by atoms with van der Waals surface area (Å²) >= 11 is 0. The molecule has 0 aliphatic heterocycles. The average molecular weight is 549 g/mol. The Bertz CT molecular complexity index is 1760. The van der Waals surface area contributed by atoms with Gasteiger partial charge in [0.1, 0.15) is 23.2 Å². The highest BCUT2D eigenvalue weighted by Crippen LogP contribution is 2.30. The van der Waals surface area contributed by atoms with Crippen molar-refractivity contribution in [3.8, 4) is 11.3 Å². The number of fused-ring (bicyclic) bond motifs is 1. The van der Waals surface area contributed by atoms with Crippen LogP contribution in [0.3, 0.4) is 0 Å². The fraction of sp³-hybridized carbons (Fsp3) is 0.212. The molecule has 1 atom stereocenters. The monoisotopic (exact) mass is 548 g/mol. The standard InChI is InChI=1S/C33H32N4O4/c1-4-37(20(2)3)29-28(30(38)31(29)39)35-27(33(40)41)18-21-14-16-24(17-15-21)34-32-25-13-9-8-12-23(25)19-26(36-32)22-10-6-5-7-11-22/h5-17,19-20,27,35H,4,18H2,1-3H3,(H,34,36)(H,40,41)/t27-/m0/s1. The van der Waals surface area contributed by atoms with Gasteiger partial charge >= 0.3 is 5.97 Å². The van der Waals surface area contributed by atoms with Crippen LogP contribution in [0.4, 0.5) is 22.9 Å². The zero-order valence-electron chi connectivity index (χ0n) is 23.2. The Morgan fingerprint density at radius 1 is 0.927 bits per heavy atom. The normalized spacial score (nSPS) is 12.0. The van der Waals surface area contributed by atoms with Crippen molar-refractivity contribution in [2.24, 2.45) is 0 Å². The molecule has 0 saturated carbocycles. The molecule has 1 heterocycles. The first-order chi connectivity index (χ1) is 19.8. The molecule has 8 heteroatoms. The van der Waals surface area contributed by atoms with E-state index < -0.39 is 22.9 Å². The summed E-state index contributed by atoms with van der Waals surface area (Å²) in [5, 5.41) is 18.2. The first-order valence-electron chi connectivity index (χ1n) is 13.7. The number of hydrogen-bond donors (Lipinski definition) is 3. The van der Waals surface area contributed by atoms with E-state index in [9.17, 15) is 19.5 Å². The molecule has 4 aromatic carbocycles. The predicted molar refractivity (Wildman–Crippen MR) is 165 cm³/mol. The SMILES string of the molecule is CCN(c1c(N[C@@H](Cc2ccc(Nc3nc(-c4ccccc4)cc4ccccc34)cc2)C(=O)O)c(=O)c1=O)C(C)C. The molecule has 41 heavy (non-hydrogen) atoms. The molecule has 0 spiro atoms. The van der Waals surface area contributed by atoms with Gasteiger partial charge in [0.05, 0.1) is 5.69 Å². The lowest BCUT2D eigenvalue weighted by molar-refractivity contribution is -0.137. The number of rotatable bonds is 11. The first kappa shape index (κ1) is 27.6. The van der Waals surface area contributed by atoms with Crippen molar-refractivity contribution >= 4 is 39.6 Å². The number of carboxylic acid groups (broad SMARTS) is 1. The van der Waals surface area contributed by atoms with E-state index in [4.69, 9.17) is 4.98 Å². The number of nitrogens with one attached hydrogen (secondary N) is 2. The van der Waals surface area contributed by atoms with Crippen LogP contribution in [-0.2, 0) is 11.2 Å². The van der Waals surface area contributed by atoms with Crippen LogP contribution in [-0.4, -0.2) is 34.7 Å². The fourth-order valence-electron chi connectivity index (χ4n) is 5.09. The number of benzene rings is 3. The summed E-state index contributed by atoms with van der Waals surface area (Å²) in [5.74, 6) is -0.384. The quantitative estimate of drug-likeness (QED) is 0.183. The van der Waals surface area contributed by atoms with E-state index in [0.717, 1.165) is 39.1 Å². The van der Waals surface area contributed by atoms with E-state index in [2.05, 4.69) is 22.8 Å². The predicted octanol–water partition coefficient (Wildman–Crippen LogP) is 5.58. The highest BCUT2D eigenvalue weighted by molar-refractivity contribution is 5.96. The topological polar surface area (TPSA) is 112 Å². The molecule has 208 valence electrons. The van der Waals surface area contributed by atoms with Gasteiger partial charge in [-0.3, -0.25) is 9.59 Å². The van der Waals surface area contributed by atoms with Crippen molar-refractivity contribution in [3.63, 3.8) is 0 Å². The largest absolute Gasteiger partial charge is 0.480 e. The molecular formula is C33H32N4O4. The summed E-state index contributed by atoms with van der Waals surface area (Å²) < 4.78 is 0. The molecule has 0 aliphatic rings. The third-order valence-corrected chi connectivity index (χ3v) is 7.22. The molecule has 0 unspecified atom stereocenters. The number of hydrogen-bond acceptors (Lipinski definition) is 7. The highest BCUT2D eigenvalue weighted by Gasteiger charge is 2.30. The molecule has 0 radical (unpaired) electrons. The smallest absolute Gasteiger partial charge is 0.326 e. The molecule has 0 amide bonds. The van der Waals surface area contributed by atoms with Crippen LogP contribution in [0, 0.1) is 0 Å². The van der Waals surface area contributed by atoms with Crippen LogP contribution in [0.5, 0.6) is 0 Å². The number of pyridine rings is 1. The second-order valence-corrected chi connectivity index (χ2v) is 10.3. The van der Waals surface area contributed by atoms with E-state index in [-0.39, 0.29) is 23.8 Å². The Morgan fingerprint density at radius 2 is 1.61 bits per heavy atom. The molecule has 0 fully saturated rings. The van der Waals surface area contributed by atoms with E-state index in [0.29, 0.717) is 6.54 Å².